The highest BCUT2D eigenvalue weighted by Gasteiger charge is 2.08. The molecule has 0 aliphatic rings. The molecule has 0 bridgehead atoms. The average Bonchev–Trinajstić information content (AvgIpc) is 2.58. The minimum Gasteiger partial charge on any atom is -0.489 e. The quantitative estimate of drug-likeness (QED) is 0.760. The molecule has 0 aliphatic heterocycles. The predicted octanol–water partition coefficient (Wildman–Crippen LogP) is 2.73. The first-order valence-corrected chi connectivity index (χ1v) is 8.17. The molecule has 0 spiro atoms. The van der Waals surface area contributed by atoms with E-state index in [0.717, 1.165) is 0 Å². The van der Waals surface area contributed by atoms with Crippen LogP contribution in [0.3, 0.4) is 0 Å². The van der Waals surface area contributed by atoms with Crippen LogP contribution in [0.15, 0.2) is 48.5 Å². The number of likely N-dealkylation sites (N-methyl/N-ethyl adjacent to an activating group) is 1. The fraction of sp³-hybridized carbons (Fsp3) is 0.263. The summed E-state index contributed by atoms with van der Waals surface area (Å²) in [5.41, 5.74) is 1.30. The fourth-order valence-corrected chi connectivity index (χ4v) is 2.24. The molecule has 2 N–H and O–H groups in total. The summed E-state index contributed by atoms with van der Waals surface area (Å²) in [6, 6.07) is 13.0. The first-order valence-electron chi connectivity index (χ1n) is 8.17. The Morgan fingerprint density at radius 1 is 1.04 bits per heavy atom. The van der Waals surface area contributed by atoms with E-state index in [4.69, 9.17) is 4.74 Å². The summed E-state index contributed by atoms with van der Waals surface area (Å²) < 4.78 is 18.8. The van der Waals surface area contributed by atoms with Crippen molar-refractivity contribution in [3.8, 4) is 5.75 Å². The Balaban J connectivity index is 1.73. The molecule has 0 saturated heterocycles. The Labute approximate surface area is 152 Å². The zero-order chi connectivity index (χ0) is 18.9. The lowest BCUT2D eigenvalue weighted by Crippen LogP contribution is -2.33. The van der Waals surface area contributed by atoms with Gasteiger partial charge in [-0.15, -0.1) is 0 Å². The topological polar surface area (TPSA) is 70.7 Å². The highest BCUT2D eigenvalue weighted by atomic mass is 19.1. The first-order chi connectivity index (χ1) is 12.4. The number of rotatable bonds is 8. The second-order valence-electron chi connectivity index (χ2n) is 5.82. The summed E-state index contributed by atoms with van der Waals surface area (Å²) in [4.78, 5) is 24.8. The molecule has 138 valence electrons. The molecule has 0 aromatic heterocycles. The van der Waals surface area contributed by atoms with E-state index in [-0.39, 0.29) is 30.7 Å². The van der Waals surface area contributed by atoms with Crippen LogP contribution < -0.4 is 15.4 Å². The summed E-state index contributed by atoms with van der Waals surface area (Å²) in [5.74, 6) is -0.535. The largest absolute Gasteiger partial charge is 0.489 e. The van der Waals surface area contributed by atoms with Gasteiger partial charge in [-0.1, -0.05) is 12.1 Å². The van der Waals surface area contributed by atoms with Gasteiger partial charge in [-0.3, -0.25) is 14.5 Å². The van der Waals surface area contributed by atoms with Crippen molar-refractivity contribution >= 4 is 23.2 Å². The van der Waals surface area contributed by atoms with Gasteiger partial charge in [-0.05, 0) is 43.4 Å². The molecule has 0 heterocycles. The molecular weight excluding hydrogens is 337 g/mol. The summed E-state index contributed by atoms with van der Waals surface area (Å²) >= 11 is 0. The van der Waals surface area contributed by atoms with E-state index in [2.05, 4.69) is 10.6 Å². The number of nitrogens with zero attached hydrogens (tertiary/aromatic N) is 1. The van der Waals surface area contributed by atoms with E-state index in [1.54, 1.807) is 54.4 Å². The Morgan fingerprint density at radius 2 is 1.65 bits per heavy atom. The molecule has 7 heteroatoms. The molecule has 26 heavy (non-hydrogen) atoms. The minimum atomic E-state index is -0.407. The van der Waals surface area contributed by atoms with Gasteiger partial charge >= 0.3 is 0 Å². The van der Waals surface area contributed by atoms with Crippen molar-refractivity contribution in [2.24, 2.45) is 0 Å². The van der Waals surface area contributed by atoms with Gasteiger partial charge in [0, 0.05) is 24.8 Å². The number of ether oxygens (including phenoxy) is 1. The van der Waals surface area contributed by atoms with Gasteiger partial charge in [0.05, 0.1) is 6.54 Å². The Morgan fingerprint density at radius 3 is 2.27 bits per heavy atom. The zero-order valence-electron chi connectivity index (χ0n) is 14.8. The number of carbonyl (C=O) groups excluding carboxylic acids is 2. The lowest BCUT2D eigenvalue weighted by molar-refractivity contribution is -0.117. The van der Waals surface area contributed by atoms with Crippen LogP contribution in [0.5, 0.6) is 5.75 Å². The highest BCUT2D eigenvalue weighted by molar-refractivity contribution is 5.93. The van der Waals surface area contributed by atoms with Crippen LogP contribution in [-0.2, 0) is 9.59 Å². The smallest absolute Gasteiger partial charge is 0.238 e. The molecule has 2 amide bonds. The number of nitrogens with one attached hydrogen (secondary N) is 2. The van der Waals surface area contributed by atoms with Crippen LogP contribution in [-0.4, -0.2) is 43.5 Å². The molecule has 0 saturated carbocycles. The monoisotopic (exact) mass is 359 g/mol. The molecule has 0 radical (unpaired) electrons. The van der Waals surface area contributed by atoms with Gasteiger partial charge in [-0.2, -0.15) is 0 Å². The number of hydrogen-bond acceptors (Lipinski definition) is 4. The highest BCUT2D eigenvalue weighted by Crippen LogP contribution is 2.15. The average molecular weight is 359 g/mol. The van der Waals surface area contributed by atoms with Gasteiger partial charge in [0.2, 0.25) is 11.8 Å². The Kier molecular flexibility index (Phi) is 7.11. The molecule has 2 aromatic carbocycles. The van der Waals surface area contributed by atoms with Gasteiger partial charge in [0.15, 0.2) is 11.6 Å². The molecule has 0 unspecified atom stereocenters. The molecule has 2 rings (SSSR count). The number of anilines is 2. The van der Waals surface area contributed by atoms with Crippen molar-refractivity contribution in [1.82, 2.24) is 4.90 Å². The fourth-order valence-electron chi connectivity index (χ4n) is 2.24. The number of hydrogen-bond donors (Lipinski definition) is 2. The van der Waals surface area contributed by atoms with Crippen LogP contribution in [0, 0.1) is 5.82 Å². The van der Waals surface area contributed by atoms with Crippen LogP contribution in [0.25, 0.3) is 0 Å². The van der Waals surface area contributed by atoms with E-state index in [9.17, 15) is 14.0 Å². The summed E-state index contributed by atoms with van der Waals surface area (Å²) in [5, 5.41) is 5.43. The van der Waals surface area contributed by atoms with Crippen LogP contribution >= 0.6 is 0 Å². The van der Waals surface area contributed by atoms with Crippen molar-refractivity contribution in [3.05, 3.63) is 54.3 Å². The van der Waals surface area contributed by atoms with E-state index < -0.39 is 5.82 Å². The second-order valence-corrected chi connectivity index (χ2v) is 5.82. The zero-order valence-corrected chi connectivity index (χ0v) is 14.8. The third kappa shape index (κ3) is 6.52. The number of amides is 2. The van der Waals surface area contributed by atoms with Crippen molar-refractivity contribution in [1.29, 1.82) is 0 Å². The maximum Gasteiger partial charge on any atom is 0.238 e. The van der Waals surface area contributed by atoms with Crippen molar-refractivity contribution < 1.29 is 18.7 Å². The van der Waals surface area contributed by atoms with Crippen molar-refractivity contribution in [3.63, 3.8) is 0 Å². The predicted molar refractivity (Wildman–Crippen MR) is 98.8 cm³/mol. The minimum absolute atomic E-state index is 0.152. The second kappa shape index (κ2) is 9.53. The van der Waals surface area contributed by atoms with Gasteiger partial charge in [-0.25, -0.2) is 4.39 Å². The molecule has 6 nitrogen and oxygen atoms in total. The lowest BCUT2D eigenvalue weighted by atomic mass is 10.2. The standard InChI is InChI=1S/C19H22FN3O3/c1-14(24)21-15-7-9-16(10-8-15)22-19(25)13-23(2)11-12-26-18-6-4-3-5-17(18)20/h3-10H,11-13H2,1-2H3,(H,21,24)(H,22,25). The van der Waals surface area contributed by atoms with E-state index in [1.165, 1.54) is 13.0 Å². The lowest BCUT2D eigenvalue weighted by Gasteiger charge is -2.17. The summed E-state index contributed by atoms with van der Waals surface area (Å²) in [7, 11) is 1.78. The number of para-hydroxylation sites is 1. The van der Waals surface area contributed by atoms with Gasteiger partial charge in [0.25, 0.3) is 0 Å². The maximum atomic E-state index is 13.4. The van der Waals surface area contributed by atoms with Crippen LogP contribution in [0.2, 0.25) is 0 Å². The third-order valence-electron chi connectivity index (χ3n) is 3.47. The summed E-state index contributed by atoms with van der Waals surface area (Å²) in [6.07, 6.45) is 0. The first kappa shape index (κ1) is 19.4. The molecule has 0 aliphatic carbocycles. The maximum absolute atomic E-state index is 13.4. The summed E-state index contributed by atoms with van der Waals surface area (Å²) in [6.45, 7) is 2.36. The number of benzene rings is 2. The van der Waals surface area contributed by atoms with Crippen LogP contribution in [0.4, 0.5) is 15.8 Å². The van der Waals surface area contributed by atoms with Crippen molar-refractivity contribution in [2.75, 3.05) is 37.4 Å². The SMILES string of the molecule is CC(=O)Nc1ccc(NC(=O)CN(C)CCOc2ccccc2F)cc1. The van der Waals surface area contributed by atoms with E-state index in [0.29, 0.717) is 17.9 Å². The number of halogens is 1. The Bertz CT molecular complexity index is 750. The Hall–Kier alpha value is -2.93. The molecule has 0 fully saturated rings. The van der Waals surface area contributed by atoms with Crippen molar-refractivity contribution in [2.45, 2.75) is 6.92 Å². The van der Waals surface area contributed by atoms with E-state index in [1.807, 2.05) is 0 Å². The molecule has 0 atom stereocenters. The normalized spacial score (nSPS) is 10.5. The van der Waals surface area contributed by atoms with Crippen LogP contribution in [0.1, 0.15) is 6.92 Å². The third-order valence-corrected chi connectivity index (χ3v) is 3.47. The number of carbonyl (C=O) groups is 2. The van der Waals surface area contributed by atoms with E-state index >= 15 is 0 Å². The van der Waals surface area contributed by atoms with Gasteiger partial charge in [0.1, 0.15) is 6.61 Å². The van der Waals surface area contributed by atoms with Gasteiger partial charge < -0.3 is 15.4 Å². The molecule has 2 aromatic rings. The molecular formula is C19H22FN3O3.